The summed E-state index contributed by atoms with van der Waals surface area (Å²) in [4.78, 5) is 12.7. The maximum absolute atomic E-state index is 13.3. The predicted octanol–water partition coefficient (Wildman–Crippen LogP) is 4.66. The van der Waals surface area contributed by atoms with Crippen LogP contribution in [0.5, 0.6) is 0 Å². The summed E-state index contributed by atoms with van der Waals surface area (Å²) in [6.07, 6.45) is 0. The highest BCUT2D eigenvalue weighted by molar-refractivity contribution is 9.10. The van der Waals surface area contributed by atoms with Crippen LogP contribution in [0, 0.1) is 5.82 Å². The molecule has 1 amide bonds. The number of halogens is 2. The number of sulfonamides is 1. The van der Waals surface area contributed by atoms with Crippen molar-refractivity contribution in [3.8, 4) is 0 Å². The first-order valence-corrected chi connectivity index (χ1v) is 11.8. The molecular formula is C23H22BrFN2O3S. The highest BCUT2D eigenvalue weighted by atomic mass is 79.9. The van der Waals surface area contributed by atoms with Gasteiger partial charge >= 0.3 is 0 Å². The lowest BCUT2D eigenvalue weighted by Crippen LogP contribution is -2.41. The lowest BCUT2D eigenvalue weighted by molar-refractivity contribution is -0.122. The number of hydrogen-bond acceptors (Lipinski definition) is 3. The zero-order valence-corrected chi connectivity index (χ0v) is 19.2. The van der Waals surface area contributed by atoms with Crippen molar-refractivity contribution >= 4 is 31.9 Å². The van der Waals surface area contributed by atoms with E-state index >= 15 is 0 Å². The fraction of sp³-hybridized carbons (Fsp3) is 0.174. The molecule has 0 aliphatic carbocycles. The Bertz CT molecular complexity index is 1140. The molecule has 162 valence electrons. The minimum Gasteiger partial charge on any atom is -0.348 e. The third-order valence-electron chi connectivity index (χ3n) is 4.70. The zero-order chi connectivity index (χ0) is 22.4. The first-order chi connectivity index (χ1) is 14.8. The van der Waals surface area contributed by atoms with Gasteiger partial charge in [0.2, 0.25) is 15.9 Å². The van der Waals surface area contributed by atoms with Crippen molar-refractivity contribution in [2.45, 2.75) is 24.4 Å². The van der Waals surface area contributed by atoms with E-state index in [-0.39, 0.29) is 24.0 Å². The van der Waals surface area contributed by atoms with Crippen LogP contribution in [0.15, 0.2) is 88.2 Å². The van der Waals surface area contributed by atoms with E-state index in [0.717, 1.165) is 32.0 Å². The van der Waals surface area contributed by atoms with Crippen LogP contribution in [0.25, 0.3) is 0 Å². The number of nitrogens with zero attached hydrogens (tertiary/aromatic N) is 1. The van der Waals surface area contributed by atoms with Crippen molar-refractivity contribution in [3.63, 3.8) is 0 Å². The molecule has 31 heavy (non-hydrogen) atoms. The Balaban J connectivity index is 1.82. The second kappa shape index (κ2) is 10.2. The Morgan fingerprint density at radius 1 is 1.03 bits per heavy atom. The average Bonchev–Trinajstić information content (AvgIpc) is 2.74. The van der Waals surface area contributed by atoms with E-state index in [2.05, 4.69) is 21.2 Å². The Morgan fingerprint density at radius 3 is 2.35 bits per heavy atom. The first-order valence-electron chi connectivity index (χ1n) is 9.60. The minimum absolute atomic E-state index is 0.0131. The van der Waals surface area contributed by atoms with E-state index in [4.69, 9.17) is 0 Å². The summed E-state index contributed by atoms with van der Waals surface area (Å²) in [5.41, 5.74) is 1.62. The highest BCUT2D eigenvalue weighted by Crippen LogP contribution is 2.20. The molecule has 0 aromatic heterocycles. The maximum atomic E-state index is 13.3. The Morgan fingerprint density at radius 2 is 1.71 bits per heavy atom. The predicted molar refractivity (Wildman–Crippen MR) is 121 cm³/mol. The van der Waals surface area contributed by atoms with Crippen molar-refractivity contribution < 1.29 is 17.6 Å². The molecule has 0 saturated heterocycles. The Kier molecular flexibility index (Phi) is 7.59. The summed E-state index contributed by atoms with van der Waals surface area (Å²) in [5.74, 6) is -0.969. The Labute approximate surface area is 190 Å². The molecule has 5 nitrogen and oxygen atoms in total. The summed E-state index contributed by atoms with van der Waals surface area (Å²) in [6, 6.07) is 20.8. The van der Waals surface area contributed by atoms with Gasteiger partial charge in [-0.3, -0.25) is 4.79 Å². The summed E-state index contributed by atoms with van der Waals surface area (Å²) in [5, 5.41) is 2.85. The van der Waals surface area contributed by atoms with E-state index < -0.39 is 21.7 Å². The van der Waals surface area contributed by atoms with Crippen LogP contribution in [0.2, 0.25) is 0 Å². The lowest BCUT2D eigenvalue weighted by Gasteiger charge is -2.23. The van der Waals surface area contributed by atoms with E-state index in [1.54, 1.807) is 24.3 Å². The second-order valence-corrected chi connectivity index (χ2v) is 9.91. The van der Waals surface area contributed by atoms with E-state index in [1.165, 1.54) is 12.1 Å². The van der Waals surface area contributed by atoms with Gasteiger partial charge in [0.15, 0.2) is 0 Å². The third-order valence-corrected chi connectivity index (χ3v) is 7.00. The van der Waals surface area contributed by atoms with Crippen LogP contribution in [0.3, 0.4) is 0 Å². The molecule has 0 heterocycles. The summed E-state index contributed by atoms with van der Waals surface area (Å²) >= 11 is 3.40. The Hall–Kier alpha value is -2.55. The van der Waals surface area contributed by atoms with Crippen molar-refractivity contribution in [1.29, 1.82) is 0 Å². The van der Waals surface area contributed by atoms with Gasteiger partial charge in [-0.25, -0.2) is 12.8 Å². The molecule has 0 saturated carbocycles. The van der Waals surface area contributed by atoms with Crippen LogP contribution in [0.1, 0.15) is 24.1 Å². The molecule has 0 unspecified atom stereocenters. The van der Waals surface area contributed by atoms with Gasteiger partial charge in [0.05, 0.1) is 17.5 Å². The van der Waals surface area contributed by atoms with Gasteiger partial charge < -0.3 is 5.32 Å². The van der Waals surface area contributed by atoms with Crippen LogP contribution < -0.4 is 5.32 Å². The standard InChI is InChI=1S/C23H22BrFN2O3S/c1-17(19-8-5-9-20(24)14-19)26-23(28)16-27(15-18-6-3-2-4-7-18)31(29,30)22-12-10-21(25)11-13-22/h2-14,17H,15-16H2,1H3,(H,26,28)/t17-/m0/s1. The van der Waals surface area contributed by atoms with Gasteiger partial charge in [-0.15, -0.1) is 0 Å². The number of carbonyl (C=O) groups is 1. The first kappa shape index (κ1) is 23.1. The molecule has 0 spiro atoms. The molecule has 1 atom stereocenters. The number of amides is 1. The van der Waals surface area contributed by atoms with E-state index in [9.17, 15) is 17.6 Å². The van der Waals surface area contributed by atoms with Gasteiger partial charge in [0.25, 0.3) is 0 Å². The van der Waals surface area contributed by atoms with Gasteiger partial charge in [0, 0.05) is 11.0 Å². The molecular weight excluding hydrogens is 483 g/mol. The molecule has 0 radical (unpaired) electrons. The maximum Gasteiger partial charge on any atom is 0.243 e. The second-order valence-electron chi connectivity index (χ2n) is 7.06. The average molecular weight is 505 g/mol. The molecule has 0 bridgehead atoms. The fourth-order valence-corrected chi connectivity index (χ4v) is 4.88. The minimum atomic E-state index is -4.02. The van der Waals surface area contributed by atoms with Crippen molar-refractivity contribution in [2.24, 2.45) is 0 Å². The van der Waals surface area contributed by atoms with Crippen molar-refractivity contribution in [2.75, 3.05) is 6.54 Å². The topological polar surface area (TPSA) is 66.5 Å². The van der Waals surface area contributed by atoms with Gasteiger partial charge in [-0.1, -0.05) is 58.4 Å². The zero-order valence-electron chi connectivity index (χ0n) is 16.8. The quantitative estimate of drug-likeness (QED) is 0.485. The largest absolute Gasteiger partial charge is 0.348 e. The fourth-order valence-electron chi connectivity index (χ4n) is 3.08. The third kappa shape index (κ3) is 6.22. The lowest BCUT2D eigenvalue weighted by atomic mass is 10.1. The molecule has 1 N–H and O–H groups in total. The van der Waals surface area contributed by atoms with Crippen LogP contribution >= 0.6 is 15.9 Å². The van der Waals surface area contributed by atoms with Gasteiger partial charge in [-0.2, -0.15) is 4.31 Å². The summed E-state index contributed by atoms with van der Waals surface area (Å²) < 4.78 is 41.7. The number of rotatable bonds is 8. The molecule has 0 aliphatic heterocycles. The normalized spacial score (nSPS) is 12.5. The number of hydrogen-bond donors (Lipinski definition) is 1. The van der Waals surface area contributed by atoms with Crippen molar-refractivity contribution in [3.05, 3.63) is 100 Å². The summed E-state index contributed by atoms with van der Waals surface area (Å²) in [7, 11) is -4.02. The van der Waals surface area contributed by atoms with Crippen LogP contribution in [0.4, 0.5) is 4.39 Å². The van der Waals surface area contributed by atoms with E-state index in [0.29, 0.717) is 0 Å². The van der Waals surface area contributed by atoms with E-state index in [1.807, 2.05) is 37.3 Å². The highest BCUT2D eigenvalue weighted by Gasteiger charge is 2.27. The molecule has 0 fully saturated rings. The SMILES string of the molecule is C[C@H](NC(=O)CN(Cc1ccccc1)S(=O)(=O)c1ccc(F)cc1)c1cccc(Br)c1. The molecule has 3 aromatic carbocycles. The molecule has 3 rings (SSSR count). The molecule has 8 heteroatoms. The van der Waals surface area contributed by atoms with Crippen molar-refractivity contribution in [1.82, 2.24) is 9.62 Å². The molecule has 0 aliphatic rings. The monoisotopic (exact) mass is 504 g/mol. The van der Waals surface area contributed by atoms with Gasteiger partial charge in [0.1, 0.15) is 5.82 Å². The number of nitrogens with one attached hydrogen (secondary N) is 1. The molecule has 3 aromatic rings. The summed E-state index contributed by atoms with van der Waals surface area (Å²) in [6.45, 7) is 1.47. The van der Waals surface area contributed by atoms with Crippen LogP contribution in [-0.4, -0.2) is 25.2 Å². The van der Waals surface area contributed by atoms with Gasteiger partial charge in [-0.05, 0) is 54.4 Å². The smallest absolute Gasteiger partial charge is 0.243 e. The van der Waals surface area contributed by atoms with Crippen LogP contribution in [-0.2, 0) is 21.4 Å². The number of carbonyl (C=O) groups excluding carboxylic acids is 1. The number of benzene rings is 3.